The van der Waals surface area contributed by atoms with Crippen LogP contribution in [0.25, 0.3) is 0 Å². The van der Waals surface area contributed by atoms with Crippen molar-refractivity contribution < 1.29 is 19.1 Å². The Balaban J connectivity index is 3.63. The van der Waals surface area contributed by atoms with Crippen molar-refractivity contribution in [1.82, 2.24) is 0 Å². The first kappa shape index (κ1) is 20.5. The van der Waals surface area contributed by atoms with Crippen molar-refractivity contribution in [2.45, 2.75) is 84.7 Å². The fraction of sp³-hybridized carbons (Fsp3) is 0.778. The van der Waals surface area contributed by atoms with E-state index >= 15 is 0 Å². The van der Waals surface area contributed by atoms with Gasteiger partial charge in [0, 0.05) is 0 Å². The number of carbonyl (C=O) groups is 2. The standard InChI is InChI=1S/C18H30O4/c1-4-7-8-9-10-11-15-21-17(19)13-14-18(20)22-16(6-3)12-5-2/h16H,4,6-11,13-15H2,1-3H3. The lowest BCUT2D eigenvalue weighted by molar-refractivity contribution is -0.152. The molecule has 0 aromatic heterocycles. The van der Waals surface area contributed by atoms with Gasteiger partial charge in [0.2, 0.25) is 0 Å². The lowest BCUT2D eigenvalue weighted by atomic mass is 10.1. The molecular weight excluding hydrogens is 280 g/mol. The number of hydrogen-bond acceptors (Lipinski definition) is 4. The van der Waals surface area contributed by atoms with E-state index in [2.05, 4.69) is 18.8 Å². The van der Waals surface area contributed by atoms with Crippen LogP contribution in [0.2, 0.25) is 0 Å². The Kier molecular flexibility index (Phi) is 13.5. The van der Waals surface area contributed by atoms with Crippen LogP contribution >= 0.6 is 0 Å². The second-order valence-electron chi connectivity index (χ2n) is 5.27. The van der Waals surface area contributed by atoms with E-state index in [1.165, 1.54) is 25.7 Å². The monoisotopic (exact) mass is 310 g/mol. The third-order valence-electron chi connectivity index (χ3n) is 3.24. The molecule has 0 aliphatic rings. The fourth-order valence-electron chi connectivity index (χ4n) is 1.94. The SMILES string of the molecule is CC#CC(CC)OC(=O)CCC(=O)OCCCCCCCC. The van der Waals surface area contributed by atoms with Gasteiger partial charge in [-0.1, -0.05) is 51.9 Å². The molecule has 4 nitrogen and oxygen atoms in total. The minimum atomic E-state index is -0.397. The summed E-state index contributed by atoms with van der Waals surface area (Å²) in [5, 5.41) is 0. The van der Waals surface area contributed by atoms with Crippen LogP contribution in [-0.2, 0) is 19.1 Å². The van der Waals surface area contributed by atoms with E-state index < -0.39 is 5.97 Å². The topological polar surface area (TPSA) is 52.6 Å². The number of esters is 2. The molecule has 0 rings (SSSR count). The van der Waals surface area contributed by atoms with Gasteiger partial charge in [-0.15, -0.1) is 5.92 Å². The van der Waals surface area contributed by atoms with E-state index in [4.69, 9.17) is 9.47 Å². The Morgan fingerprint density at radius 2 is 1.59 bits per heavy atom. The number of unbranched alkanes of at least 4 members (excludes halogenated alkanes) is 5. The molecule has 0 heterocycles. The molecule has 126 valence electrons. The van der Waals surface area contributed by atoms with Crippen molar-refractivity contribution in [2.75, 3.05) is 6.61 Å². The highest BCUT2D eigenvalue weighted by atomic mass is 16.5. The van der Waals surface area contributed by atoms with Crippen LogP contribution in [0.3, 0.4) is 0 Å². The number of ether oxygens (including phenoxy) is 2. The quantitative estimate of drug-likeness (QED) is 0.310. The third-order valence-corrected chi connectivity index (χ3v) is 3.24. The van der Waals surface area contributed by atoms with Gasteiger partial charge in [-0.25, -0.2) is 0 Å². The lowest BCUT2D eigenvalue weighted by Crippen LogP contribution is -2.17. The zero-order valence-electron chi connectivity index (χ0n) is 14.3. The molecule has 4 heteroatoms. The highest BCUT2D eigenvalue weighted by molar-refractivity contribution is 5.77. The predicted molar refractivity (Wildman–Crippen MR) is 87.2 cm³/mol. The van der Waals surface area contributed by atoms with Crippen molar-refractivity contribution >= 4 is 11.9 Å². The van der Waals surface area contributed by atoms with Crippen molar-refractivity contribution in [3.63, 3.8) is 0 Å². The number of carbonyl (C=O) groups excluding carboxylic acids is 2. The summed E-state index contributed by atoms with van der Waals surface area (Å²) in [5.41, 5.74) is 0. The second-order valence-corrected chi connectivity index (χ2v) is 5.27. The van der Waals surface area contributed by atoms with E-state index in [0.29, 0.717) is 13.0 Å². The van der Waals surface area contributed by atoms with Gasteiger partial charge in [0.15, 0.2) is 6.10 Å². The Morgan fingerprint density at radius 1 is 0.955 bits per heavy atom. The summed E-state index contributed by atoms with van der Waals surface area (Å²) >= 11 is 0. The van der Waals surface area contributed by atoms with Crippen molar-refractivity contribution in [3.8, 4) is 11.8 Å². The van der Waals surface area contributed by atoms with Crippen molar-refractivity contribution in [1.29, 1.82) is 0 Å². The number of rotatable bonds is 12. The first-order valence-corrected chi connectivity index (χ1v) is 8.41. The second kappa shape index (κ2) is 14.4. The molecule has 1 unspecified atom stereocenters. The van der Waals surface area contributed by atoms with Crippen LogP contribution in [0.15, 0.2) is 0 Å². The smallest absolute Gasteiger partial charge is 0.307 e. The Labute approximate surface area is 134 Å². The molecule has 0 radical (unpaired) electrons. The van der Waals surface area contributed by atoms with E-state index in [0.717, 1.165) is 12.8 Å². The van der Waals surface area contributed by atoms with Crippen LogP contribution < -0.4 is 0 Å². The molecule has 0 aromatic rings. The van der Waals surface area contributed by atoms with E-state index in [-0.39, 0.29) is 24.9 Å². The van der Waals surface area contributed by atoms with E-state index in [1.54, 1.807) is 6.92 Å². The van der Waals surface area contributed by atoms with Crippen LogP contribution in [0.1, 0.15) is 78.6 Å². The Hall–Kier alpha value is -1.50. The Morgan fingerprint density at radius 3 is 2.23 bits per heavy atom. The van der Waals surface area contributed by atoms with Gasteiger partial charge in [-0.3, -0.25) is 9.59 Å². The Bertz CT molecular complexity index is 365. The summed E-state index contributed by atoms with van der Waals surface area (Å²) < 4.78 is 10.3. The van der Waals surface area contributed by atoms with Crippen molar-refractivity contribution in [2.24, 2.45) is 0 Å². The highest BCUT2D eigenvalue weighted by Gasteiger charge is 2.12. The molecule has 0 bridgehead atoms. The zero-order chi connectivity index (χ0) is 16.6. The average Bonchev–Trinajstić information content (AvgIpc) is 2.51. The predicted octanol–water partition coefficient (Wildman–Crippen LogP) is 4.02. The van der Waals surface area contributed by atoms with Gasteiger partial charge < -0.3 is 9.47 Å². The van der Waals surface area contributed by atoms with Gasteiger partial charge >= 0.3 is 11.9 Å². The minimum Gasteiger partial charge on any atom is -0.466 e. The van der Waals surface area contributed by atoms with Gasteiger partial charge in [0.25, 0.3) is 0 Å². The molecule has 0 aliphatic heterocycles. The molecule has 1 atom stereocenters. The summed E-state index contributed by atoms with van der Waals surface area (Å²) in [6.07, 6.45) is 7.31. The summed E-state index contributed by atoms with van der Waals surface area (Å²) in [6.45, 7) is 6.23. The van der Waals surface area contributed by atoms with Gasteiger partial charge in [0.1, 0.15) is 0 Å². The molecule has 0 aromatic carbocycles. The first-order chi connectivity index (χ1) is 10.6. The van der Waals surface area contributed by atoms with Crippen LogP contribution in [0.4, 0.5) is 0 Å². The maximum atomic E-state index is 11.6. The summed E-state index contributed by atoms with van der Waals surface area (Å²) in [6, 6.07) is 0. The van der Waals surface area contributed by atoms with Crippen LogP contribution in [0, 0.1) is 11.8 Å². The largest absolute Gasteiger partial charge is 0.466 e. The van der Waals surface area contributed by atoms with Crippen LogP contribution in [0.5, 0.6) is 0 Å². The highest BCUT2D eigenvalue weighted by Crippen LogP contribution is 2.06. The van der Waals surface area contributed by atoms with Crippen molar-refractivity contribution in [3.05, 3.63) is 0 Å². The fourth-order valence-corrected chi connectivity index (χ4v) is 1.94. The van der Waals surface area contributed by atoms with Gasteiger partial charge in [0.05, 0.1) is 19.4 Å². The molecule has 0 fully saturated rings. The third kappa shape index (κ3) is 12.3. The minimum absolute atomic E-state index is 0.0528. The molecule has 0 saturated heterocycles. The molecule has 0 spiro atoms. The molecule has 0 N–H and O–H groups in total. The normalized spacial score (nSPS) is 11.2. The summed E-state index contributed by atoms with van der Waals surface area (Å²) in [4.78, 5) is 23.1. The average molecular weight is 310 g/mol. The first-order valence-electron chi connectivity index (χ1n) is 8.41. The number of hydrogen-bond donors (Lipinski definition) is 0. The molecule has 22 heavy (non-hydrogen) atoms. The molecule has 0 aliphatic carbocycles. The van der Waals surface area contributed by atoms with Gasteiger partial charge in [-0.05, 0) is 19.8 Å². The van der Waals surface area contributed by atoms with Crippen LogP contribution in [-0.4, -0.2) is 24.6 Å². The van der Waals surface area contributed by atoms with Gasteiger partial charge in [-0.2, -0.15) is 0 Å². The summed E-state index contributed by atoms with van der Waals surface area (Å²) in [7, 11) is 0. The van der Waals surface area contributed by atoms with E-state index in [1.807, 2.05) is 6.92 Å². The molecule has 0 saturated carbocycles. The maximum Gasteiger partial charge on any atom is 0.307 e. The maximum absolute atomic E-state index is 11.6. The van der Waals surface area contributed by atoms with E-state index in [9.17, 15) is 9.59 Å². The summed E-state index contributed by atoms with van der Waals surface area (Å²) in [5.74, 6) is 4.80. The molecular formula is C18H30O4. The zero-order valence-corrected chi connectivity index (χ0v) is 14.3. The molecule has 0 amide bonds. The lowest BCUT2D eigenvalue weighted by Gasteiger charge is -2.10.